The van der Waals surface area contributed by atoms with Gasteiger partial charge in [0, 0.05) is 22.3 Å². The van der Waals surface area contributed by atoms with E-state index in [0.717, 1.165) is 27.5 Å². The molecule has 0 unspecified atom stereocenters. The average molecular weight is 325 g/mol. The average Bonchev–Trinajstić information content (AvgIpc) is 2.17. The van der Waals surface area contributed by atoms with Gasteiger partial charge in [0.1, 0.15) is 0 Å². The zero-order chi connectivity index (χ0) is 9.97. The van der Waals surface area contributed by atoms with Crippen LogP contribution in [0.3, 0.4) is 0 Å². The molecule has 2 aromatic heterocycles. The Morgan fingerprint density at radius 3 is 2.50 bits per heavy atom. The molecule has 0 aromatic carbocycles. The minimum atomic E-state index is 0. The number of aromatic nitrogens is 2. The van der Waals surface area contributed by atoms with Gasteiger partial charge in [-0.15, -0.1) is 24.8 Å². The Labute approximate surface area is 115 Å². The van der Waals surface area contributed by atoms with Gasteiger partial charge in [0.25, 0.3) is 0 Å². The number of halogens is 3. The molecule has 0 aliphatic heterocycles. The minimum absolute atomic E-state index is 0. The maximum absolute atomic E-state index is 5.48. The SMILES string of the molecule is Cl.Cl.NCCc1cnc2ncc(Br)cc2c1. The summed E-state index contributed by atoms with van der Waals surface area (Å²) in [6.07, 6.45) is 4.43. The number of nitrogens with two attached hydrogens (primary N) is 1. The molecule has 2 aromatic rings. The van der Waals surface area contributed by atoms with E-state index in [2.05, 4.69) is 32.0 Å². The zero-order valence-electron chi connectivity index (χ0n) is 8.39. The van der Waals surface area contributed by atoms with Crippen LogP contribution in [0.4, 0.5) is 0 Å². The molecule has 2 heterocycles. The Kier molecular flexibility index (Phi) is 6.83. The number of nitrogens with zero attached hydrogens (tertiary/aromatic N) is 2. The van der Waals surface area contributed by atoms with Crippen molar-refractivity contribution in [1.82, 2.24) is 9.97 Å². The van der Waals surface area contributed by atoms with E-state index in [-0.39, 0.29) is 24.8 Å². The van der Waals surface area contributed by atoms with Gasteiger partial charge in [-0.25, -0.2) is 9.97 Å². The summed E-state index contributed by atoms with van der Waals surface area (Å²) in [5, 5.41) is 1.05. The molecule has 0 saturated heterocycles. The van der Waals surface area contributed by atoms with E-state index in [1.54, 1.807) is 6.20 Å². The van der Waals surface area contributed by atoms with Crippen LogP contribution in [0.2, 0.25) is 0 Å². The Hall–Kier alpha value is -0.420. The fourth-order valence-electron chi connectivity index (χ4n) is 1.35. The summed E-state index contributed by atoms with van der Waals surface area (Å²) in [6, 6.07) is 4.09. The van der Waals surface area contributed by atoms with Gasteiger partial charge in [0.15, 0.2) is 5.65 Å². The van der Waals surface area contributed by atoms with Crippen LogP contribution in [0.15, 0.2) is 29.0 Å². The van der Waals surface area contributed by atoms with Gasteiger partial charge in [-0.3, -0.25) is 0 Å². The van der Waals surface area contributed by atoms with Crippen LogP contribution < -0.4 is 5.73 Å². The van der Waals surface area contributed by atoms with Gasteiger partial charge in [-0.1, -0.05) is 0 Å². The van der Waals surface area contributed by atoms with Crippen LogP contribution in [0.1, 0.15) is 5.56 Å². The first-order valence-electron chi connectivity index (χ1n) is 4.40. The van der Waals surface area contributed by atoms with E-state index >= 15 is 0 Å². The van der Waals surface area contributed by atoms with Gasteiger partial charge in [-0.2, -0.15) is 0 Å². The van der Waals surface area contributed by atoms with E-state index in [4.69, 9.17) is 5.73 Å². The van der Waals surface area contributed by atoms with Crippen molar-refractivity contribution in [2.75, 3.05) is 6.54 Å². The summed E-state index contributed by atoms with van der Waals surface area (Å²) in [6.45, 7) is 0.647. The lowest BCUT2D eigenvalue weighted by atomic mass is 10.1. The van der Waals surface area contributed by atoms with Crippen molar-refractivity contribution in [1.29, 1.82) is 0 Å². The van der Waals surface area contributed by atoms with Gasteiger partial charge in [-0.05, 0) is 46.6 Å². The van der Waals surface area contributed by atoms with Crippen molar-refractivity contribution in [3.63, 3.8) is 0 Å². The molecular formula is C10H12BrCl2N3. The predicted molar refractivity (Wildman–Crippen MR) is 74.5 cm³/mol. The molecule has 0 aliphatic rings. The Morgan fingerprint density at radius 2 is 1.81 bits per heavy atom. The molecular weight excluding hydrogens is 313 g/mol. The largest absolute Gasteiger partial charge is 0.330 e. The van der Waals surface area contributed by atoms with Crippen LogP contribution in [-0.4, -0.2) is 16.5 Å². The molecule has 2 N–H and O–H groups in total. The van der Waals surface area contributed by atoms with Crippen molar-refractivity contribution in [3.05, 3.63) is 34.6 Å². The standard InChI is InChI=1S/C10H10BrN3.2ClH/c11-9-4-8-3-7(1-2-12)5-13-10(8)14-6-9;;/h3-6H,1-2,12H2;2*1H. The Morgan fingerprint density at radius 1 is 1.12 bits per heavy atom. The van der Waals surface area contributed by atoms with Crippen molar-refractivity contribution in [3.8, 4) is 0 Å². The third-order valence-corrected chi connectivity index (χ3v) is 2.42. The first-order chi connectivity index (χ1) is 6.79. The van der Waals surface area contributed by atoms with Crippen molar-refractivity contribution in [2.24, 2.45) is 5.73 Å². The lowest BCUT2D eigenvalue weighted by molar-refractivity contribution is 0.962. The molecule has 6 heteroatoms. The van der Waals surface area contributed by atoms with E-state index < -0.39 is 0 Å². The third-order valence-electron chi connectivity index (χ3n) is 1.99. The first kappa shape index (κ1) is 15.6. The smallest absolute Gasteiger partial charge is 0.159 e. The third kappa shape index (κ3) is 3.56. The summed E-state index contributed by atoms with van der Waals surface area (Å²) in [5.41, 5.74) is 7.41. The fourth-order valence-corrected chi connectivity index (χ4v) is 1.70. The number of rotatable bonds is 2. The summed E-state index contributed by atoms with van der Waals surface area (Å²) in [5.74, 6) is 0. The maximum Gasteiger partial charge on any atom is 0.159 e. The molecule has 2 rings (SSSR count). The van der Waals surface area contributed by atoms with Crippen LogP contribution in [0, 0.1) is 0 Å². The second-order valence-corrected chi connectivity index (χ2v) is 4.00. The van der Waals surface area contributed by atoms with Crippen molar-refractivity contribution < 1.29 is 0 Å². The number of pyridine rings is 2. The molecule has 0 saturated carbocycles. The molecule has 0 amide bonds. The number of fused-ring (bicyclic) bond motifs is 1. The van der Waals surface area contributed by atoms with E-state index in [1.165, 1.54) is 0 Å². The van der Waals surface area contributed by atoms with Crippen LogP contribution in [0.25, 0.3) is 11.0 Å². The van der Waals surface area contributed by atoms with Gasteiger partial charge in [0.05, 0.1) is 0 Å². The zero-order valence-corrected chi connectivity index (χ0v) is 11.6. The summed E-state index contributed by atoms with van der Waals surface area (Å²) in [7, 11) is 0. The molecule has 16 heavy (non-hydrogen) atoms. The van der Waals surface area contributed by atoms with Crippen LogP contribution in [-0.2, 0) is 6.42 Å². The second-order valence-electron chi connectivity index (χ2n) is 3.08. The molecule has 3 nitrogen and oxygen atoms in total. The highest BCUT2D eigenvalue weighted by molar-refractivity contribution is 9.10. The molecule has 0 bridgehead atoms. The summed E-state index contributed by atoms with van der Waals surface area (Å²) >= 11 is 3.38. The lowest BCUT2D eigenvalue weighted by Gasteiger charge is -2.00. The highest BCUT2D eigenvalue weighted by atomic mass is 79.9. The first-order valence-corrected chi connectivity index (χ1v) is 5.19. The summed E-state index contributed by atoms with van der Waals surface area (Å²) in [4.78, 5) is 8.45. The molecule has 0 fully saturated rings. The highest BCUT2D eigenvalue weighted by Gasteiger charge is 1.99. The molecule has 0 aliphatic carbocycles. The second kappa shape index (κ2) is 7.01. The monoisotopic (exact) mass is 323 g/mol. The topological polar surface area (TPSA) is 51.8 Å². The molecule has 0 radical (unpaired) electrons. The van der Waals surface area contributed by atoms with Gasteiger partial charge >= 0.3 is 0 Å². The van der Waals surface area contributed by atoms with Crippen molar-refractivity contribution in [2.45, 2.75) is 6.42 Å². The van der Waals surface area contributed by atoms with Gasteiger partial charge < -0.3 is 5.73 Å². The number of hydrogen-bond donors (Lipinski definition) is 1. The van der Waals surface area contributed by atoms with Crippen LogP contribution >= 0.6 is 40.7 Å². The van der Waals surface area contributed by atoms with E-state index in [0.29, 0.717) is 6.54 Å². The molecule has 88 valence electrons. The normalized spacial score (nSPS) is 9.38. The lowest BCUT2D eigenvalue weighted by Crippen LogP contribution is -2.03. The Balaban J connectivity index is 0.00000112. The highest BCUT2D eigenvalue weighted by Crippen LogP contribution is 2.16. The molecule has 0 atom stereocenters. The van der Waals surface area contributed by atoms with E-state index in [9.17, 15) is 0 Å². The molecule has 0 spiro atoms. The predicted octanol–water partition coefficient (Wildman–Crippen LogP) is 2.74. The summed E-state index contributed by atoms with van der Waals surface area (Å²) < 4.78 is 0.969. The minimum Gasteiger partial charge on any atom is -0.330 e. The Bertz CT molecular complexity index is 465. The maximum atomic E-state index is 5.48. The van der Waals surface area contributed by atoms with Crippen molar-refractivity contribution >= 4 is 51.8 Å². The van der Waals surface area contributed by atoms with E-state index in [1.807, 2.05) is 12.3 Å². The fraction of sp³-hybridized carbons (Fsp3) is 0.200. The van der Waals surface area contributed by atoms with Gasteiger partial charge in [0.2, 0.25) is 0 Å². The van der Waals surface area contributed by atoms with Crippen LogP contribution in [0.5, 0.6) is 0 Å². The number of hydrogen-bond acceptors (Lipinski definition) is 3. The quantitative estimate of drug-likeness (QED) is 0.924.